The molecule has 3 aromatic rings. The van der Waals surface area contributed by atoms with E-state index in [0.717, 1.165) is 11.0 Å². The van der Waals surface area contributed by atoms with E-state index in [2.05, 4.69) is 16.4 Å². The van der Waals surface area contributed by atoms with Crippen LogP contribution in [0.4, 0.5) is 5.95 Å². The zero-order valence-electron chi connectivity index (χ0n) is 11.3. The predicted octanol–water partition coefficient (Wildman–Crippen LogP) is 2.75. The van der Waals surface area contributed by atoms with Crippen LogP contribution in [0.25, 0.3) is 11.0 Å². The van der Waals surface area contributed by atoms with E-state index in [0.29, 0.717) is 24.0 Å². The minimum atomic E-state index is 0.488. The van der Waals surface area contributed by atoms with Crippen molar-refractivity contribution in [3.05, 3.63) is 34.5 Å². The highest BCUT2D eigenvalue weighted by Crippen LogP contribution is 2.33. The highest BCUT2D eigenvalue weighted by atomic mass is 32.1. The van der Waals surface area contributed by atoms with Crippen LogP contribution in [0.3, 0.4) is 0 Å². The van der Waals surface area contributed by atoms with Gasteiger partial charge in [0.1, 0.15) is 0 Å². The summed E-state index contributed by atoms with van der Waals surface area (Å²) in [6.45, 7) is 0.696. The molecule has 0 aliphatic heterocycles. The molecule has 0 atom stereocenters. The second-order valence-electron chi connectivity index (χ2n) is 4.38. The molecule has 0 spiro atoms. The molecule has 0 saturated heterocycles. The van der Waals surface area contributed by atoms with Gasteiger partial charge in [-0.2, -0.15) is 11.3 Å². The Morgan fingerprint density at radius 2 is 2.00 bits per heavy atom. The van der Waals surface area contributed by atoms with Gasteiger partial charge in [-0.1, -0.05) is 0 Å². The summed E-state index contributed by atoms with van der Waals surface area (Å²) in [6.07, 6.45) is 0. The van der Waals surface area contributed by atoms with Crippen LogP contribution in [0.2, 0.25) is 0 Å². The Bertz CT molecular complexity index is 735. The number of aromatic nitrogens is 2. The summed E-state index contributed by atoms with van der Waals surface area (Å²) in [7, 11) is 3.22. The van der Waals surface area contributed by atoms with Crippen molar-refractivity contribution in [2.45, 2.75) is 6.54 Å². The third kappa shape index (κ3) is 2.08. The predicted molar refractivity (Wildman–Crippen MR) is 80.7 cm³/mol. The summed E-state index contributed by atoms with van der Waals surface area (Å²) in [6, 6.07) is 5.83. The highest BCUT2D eigenvalue weighted by Gasteiger charge is 2.13. The molecule has 1 aromatic carbocycles. The van der Waals surface area contributed by atoms with E-state index < -0.39 is 0 Å². The van der Waals surface area contributed by atoms with Crippen LogP contribution >= 0.6 is 11.3 Å². The number of methoxy groups -OCH3 is 2. The van der Waals surface area contributed by atoms with Gasteiger partial charge in [0.25, 0.3) is 0 Å². The quantitative estimate of drug-likeness (QED) is 0.802. The van der Waals surface area contributed by atoms with E-state index >= 15 is 0 Å². The molecule has 5 nitrogen and oxygen atoms in total. The summed E-state index contributed by atoms with van der Waals surface area (Å²) in [5.41, 5.74) is 8.97. The number of fused-ring (bicyclic) bond motifs is 1. The molecule has 0 bridgehead atoms. The molecular formula is C14H15N3O2S. The van der Waals surface area contributed by atoms with Crippen molar-refractivity contribution in [1.29, 1.82) is 0 Å². The van der Waals surface area contributed by atoms with Gasteiger partial charge < -0.3 is 19.8 Å². The average Bonchev–Trinajstić information content (AvgIpc) is 3.06. The van der Waals surface area contributed by atoms with E-state index in [1.54, 1.807) is 25.6 Å². The molecule has 3 rings (SSSR count). The maximum Gasteiger partial charge on any atom is 0.201 e. The van der Waals surface area contributed by atoms with Crippen LogP contribution in [0.1, 0.15) is 5.56 Å². The maximum absolute atomic E-state index is 6.03. The van der Waals surface area contributed by atoms with Gasteiger partial charge in [-0.05, 0) is 22.4 Å². The van der Waals surface area contributed by atoms with Gasteiger partial charge in [0.05, 0.1) is 31.8 Å². The Morgan fingerprint density at radius 1 is 1.25 bits per heavy atom. The van der Waals surface area contributed by atoms with Gasteiger partial charge in [-0.15, -0.1) is 0 Å². The summed E-state index contributed by atoms with van der Waals surface area (Å²) < 4.78 is 12.6. The normalized spacial score (nSPS) is 10.9. The minimum Gasteiger partial charge on any atom is -0.493 e. The molecule has 0 aliphatic carbocycles. The lowest BCUT2D eigenvalue weighted by atomic mass is 10.2. The molecule has 0 radical (unpaired) electrons. The zero-order valence-corrected chi connectivity index (χ0v) is 12.1. The summed E-state index contributed by atoms with van der Waals surface area (Å²) in [5.74, 6) is 1.81. The van der Waals surface area contributed by atoms with Crippen LogP contribution < -0.4 is 15.2 Å². The maximum atomic E-state index is 6.03. The fourth-order valence-electron chi connectivity index (χ4n) is 2.20. The Balaban J connectivity index is 2.14. The molecule has 2 aromatic heterocycles. The molecule has 2 N–H and O–H groups in total. The Kier molecular flexibility index (Phi) is 3.23. The van der Waals surface area contributed by atoms with Gasteiger partial charge in [0.2, 0.25) is 5.95 Å². The van der Waals surface area contributed by atoms with Crippen molar-refractivity contribution in [2.24, 2.45) is 0 Å². The zero-order chi connectivity index (χ0) is 14.1. The van der Waals surface area contributed by atoms with E-state index in [9.17, 15) is 0 Å². The van der Waals surface area contributed by atoms with E-state index in [4.69, 9.17) is 15.2 Å². The summed E-state index contributed by atoms with van der Waals surface area (Å²) in [5, 5.41) is 4.15. The van der Waals surface area contributed by atoms with Crippen molar-refractivity contribution in [2.75, 3.05) is 20.0 Å². The Hall–Kier alpha value is -2.21. The van der Waals surface area contributed by atoms with Crippen molar-refractivity contribution < 1.29 is 9.47 Å². The topological polar surface area (TPSA) is 62.3 Å². The number of anilines is 1. The second-order valence-corrected chi connectivity index (χ2v) is 5.16. The number of ether oxygens (including phenoxy) is 2. The van der Waals surface area contributed by atoms with Crippen LogP contribution in [0, 0.1) is 0 Å². The van der Waals surface area contributed by atoms with Crippen LogP contribution in [-0.2, 0) is 6.54 Å². The van der Waals surface area contributed by atoms with Crippen LogP contribution in [-0.4, -0.2) is 23.8 Å². The third-order valence-electron chi connectivity index (χ3n) is 3.20. The number of benzene rings is 1. The molecule has 0 aliphatic rings. The van der Waals surface area contributed by atoms with Crippen molar-refractivity contribution in [1.82, 2.24) is 9.55 Å². The van der Waals surface area contributed by atoms with Crippen molar-refractivity contribution >= 4 is 28.3 Å². The average molecular weight is 289 g/mol. The first-order valence-corrected chi connectivity index (χ1v) is 7.06. The fraction of sp³-hybridized carbons (Fsp3) is 0.214. The van der Waals surface area contributed by atoms with Crippen molar-refractivity contribution in [3.63, 3.8) is 0 Å². The van der Waals surface area contributed by atoms with Gasteiger partial charge in [0.15, 0.2) is 11.5 Å². The number of hydrogen-bond donors (Lipinski definition) is 1. The lowest BCUT2D eigenvalue weighted by Crippen LogP contribution is -2.03. The minimum absolute atomic E-state index is 0.488. The van der Waals surface area contributed by atoms with Crippen LogP contribution in [0.15, 0.2) is 29.0 Å². The number of hydrogen-bond acceptors (Lipinski definition) is 5. The SMILES string of the molecule is COc1cc2nc(N)n(Cc3ccsc3)c2cc1OC. The number of thiophene rings is 1. The van der Waals surface area contributed by atoms with E-state index in [1.165, 1.54) is 5.56 Å². The lowest BCUT2D eigenvalue weighted by Gasteiger charge is -2.09. The van der Waals surface area contributed by atoms with Gasteiger partial charge in [-0.25, -0.2) is 4.98 Å². The number of imidazole rings is 1. The first-order valence-electron chi connectivity index (χ1n) is 6.11. The van der Waals surface area contributed by atoms with Gasteiger partial charge in [-0.3, -0.25) is 0 Å². The molecule has 0 amide bonds. The number of nitrogens with zero attached hydrogens (tertiary/aromatic N) is 2. The molecule has 104 valence electrons. The molecular weight excluding hydrogens is 274 g/mol. The largest absolute Gasteiger partial charge is 0.493 e. The molecule has 0 unspecified atom stereocenters. The lowest BCUT2D eigenvalue weighted by molar-refractivity contribution is 0.355. The smallest absolute Gasteiger partial charge is 0.201 e. The summed E-state index contributed by atoms with van der Waals surface area (Å²) in [4.78, 5) is 4.39. The monoisotopic (exact) mass is 289 g/mol. The van der Waals surface area contributed by atoms with Crippen LogP contribution in [0.5, 0.6) is 11.5 Å². The standard InChI is InChI=1S/C14H15N3O2S/c1-18-12-5-10-11(6-13(12)19-2)17(14(15)16-10)7-9-3-4-20-8-9/h3-6,8H,7H2,1-2H3,(H2,15,16). The van der Waals surface area contributed by atoms with Gasteiger partial charge in [0, 0.05) is 12.1 Å². The fourth-order valence-corrected chi connectivity index (χ4v) is 2.86. The van der Waals surface area contributed by atoms with E-state index in [-0.39, 0.29) is 0 Å². The first-order chi connectivity index (χ1) is 9.72. The molecule has 0 saturated carbocycles. The first kappa shape index (κ1) is 12.8. The Labute approximate surface area is 120 Å². The second kappa shape index (κ2) is 5.05. The van der Waals surface area contributed by atoms with Gasteiger partial charge >= 0.3 is 0 Å². The number of nitrogen functional groups attached to an aromatic ring is 1. The van der Waals surface area contributed by atoms with Crippen molar-refractivity contribution in [3.8, 4) is 11.5 Å². The molecule has 6 heteroatoms. The summed E-state index contributed by atoms with van der Waals surface area (Å²) >= 11 is 1.67. The van der Waals surface area contributed by atoms with E-state index in [1.807, 2.05) is 22.1 Å². The number of rotatable bonds is 4. The third-order valence-corrected chi connectivity index (χ3v) is 3.94. The Morgan fingerprint density at radius 3 is 2.65 bits per heavy atom. The number of nitrogens with two attached hydrogens (primary N) is 1. The molecule has 0 fully saturated rings. The molecule has 2 heterocycles. The molecule has 20 heavy (non-hydrogen) atoms. The highest BCUT2D eigenvalue weighted by molar-refractivity contribution is 7.07.